The van der Waals surface area contributed by atoms with E-state index in [-0.39, 0.29) is 0 Å². The molecule has 0 heterocycles. The quantitative estimate of drug-likeness (QED) is 0.401. The first-order valence-corrected chi connectivity index (χ1v) is 13.4. The monoisotopic (exact) mass is 392 g/mol. The molecule has 28 heavy (non-hydrogen) atoms. The Hall–Kier alpha value is -0.330. The fourth-order valence-electron chi connectivity index (χ4n) is 4.66. The lowest BCUT2D eigenvalue weighted by Crippen LogP contribution is -1.97. The molecule has 1 rings (SSSR count). The van der Waals surface area contributed by atoms with E-state index in [1.54, 1.807) is 0 Å². The third-order valence-electron chi connectivity index (χ3n) is 6.66. The lowest BCUT2D eigenvalue weighted by Gasteiger charge is -2.04. The van der Waals surface area contributed by atoms with Crippen molar-refractivity contribution in [1.82, 2.24) is 0 Å². The summed E-state index contributed by atoms with van der Waals surface area (Å²) in [6.45, 7) is 0. The van der Waals surface area contributed by atoms with Crippen LogP contribution < -0.4 is 0 Å². The van der Waals surface area contributed by atoms with E-state index in [4.69, 9.17) is 0 Å². The van der Waals surface area contributed by atoms with Crippen LogP contribution in [0.1, 0.15) is 167 Å². The highest BCUT2D eigenvalue weighted by molar-refractivity contribution is 5.78. The molecular formula is C27H52O. The zero-order valence-electron chi connectivity index (χ0n) is 19.3. The molecule has 0 bridgehead atoms. The van der Waals surface area contributed by atoms with Gasteiger partial charge in [-0.3, -0.25) is 4.79 Å². The number of Topliss-reactive ketones (excluding diaryl/α,β-unsaturated/α-hetero) is 1. The van der Waals surface area contributed by atoms with Crippen LogP contribution >= 0.6 is 0 Å². The van der Waals surface area contributed by atoms with Crippen LogP contribution in [0.3, 0.4) is 0 Å². The summed E-state index contributed by atoms with van der Waals surface area (Å²) < 4.78 is 0. The first-order chi connectivity index (χ1) is 13.9. The molecule has 0 aliphatic heterocycles. The van der Waals surface area contributed by atoms with Crippen LogP contribution in [-0.2, 0) is 4.79 Å². The standard InChI is InChI=1S/C27H52O/c28-27-25-23-21-19-17-15-13-11-9-7-5-3-1-2-4-6-8-10-12-14-16-18-20-22-24-26-27/h1-26H2. The normalized spacial score (nSPS) is 23.6. The SMILES string of the molecule is O=C1CCCCCCCCCCCCCCCCCCCCCCCCCC1. The topological polar surface area (TPSA) is 17.1 Å². The second-order valence-electron chi connectivity index (χ2n) is 9.52. The summed E-state index contributed by atoms with van der Waals surface area (Å²) in [5.74, 6) is 0.525. The molecule has 0 atom stereocenters. The van der Waals surface area contributed by atoms with Crippen LogP contribution in [0.15, 0.2) is 0 Å². The molecule has 1 fully saturated rings. The molecule has 1 saturated carbocycles. The van der Waals surface area contributed by atoms with Crippen LogP contribution in [0.5, 0.6) is 0 Å². The fourth-order valence-corrected chi connectivity index (χ4v) is 4.66. The molecule has 0 aromatic carbocycles. The molecule has 0 aromatic heterocycles. The van der Waals surface area contributed by atoms with E-state index in [2.05, 4.69) is 0 Å². The molecular weight excluding hydrogens is 340 g/mol. The highest BCUT2D eigenvalue weighted by Crippen LogP contribution is 2.16. The number of hydrogen-bond donors (Lipinski definition) is 0. The smallest absolute Gasteiger partial charge is 0.132 e. The number of hydrogen-bond acceptors (Lipinski definition) is 1. The van der Waals surface area contributed by atoms with Crippen molar-refractivity contribution in [1.29, 1.82) is 0 Å². The van der Waals surface area contributed by atoms with Gasteiger partial charge >= 0.3 is 0 Å². The van der Waals surface area contributed by atoms with Crippen molar-refractivity contribution in [3.63, 3.8) is 0 Å². The van der Waals surface area contributed by atoms with Gasteiger partial charge in [0.1, 0.15) is 5.78 Å². The van der Waals surface area contributed by atoms with Gasteiger partial charge in [0, 0.05) is 12.8 Å². The van der Waals surface area contributed by atoms with Gasteiger partial charge in [-0.15, -0.1) is 0 Å². The van der Waals surface area contributed by atoms with Crippen molar-refractivity contribution in [2.45, 2.75) is 167 Å². The summed E-state index contributed by atoms with van der Waals surface area (Å²) in [6.07, 6.45) is 35.2. The zero-order valence-corrected chi connectivity index (χ0v) is 19.3. The van der Waals surface area contributed by atoms with E-state index in [0.29, 0.717) is 5.78 Å². The van der Waals surface area contributed by atoms with E-state index in [1.807, 2.05) is 0 Å². The maximum atomic E-state index is 12.0. The van der Waals surface area contributed by atoms with Crippen molar-refractivity contribution in [3.05, 3.63) is 0 Å². The van der Waals surface area contributed by atoms with Gasteiger partial charge in [-0.1, -0.05) is 141 Å². The summed E-state index contributed by atoms with van der Waals surface area (Å²) in [5.41, 5.74) is 0. The van der Waals surface area contributed by atoms with Crippen molar-refractivity contribution in [2.24, 2.45) is 0 Å². The average Bonchev–Trinajstić information content (AvgIpc) is 2.70. The third kappa shape index (κ3) is 19.0. The first-order valence-electron chi connectivity index (χ1n) is 13.4. The molecule has 0 unspecified atom stereocenters. The third-order valence-corrected chi connectivity index (χ3v) is 6.66. The number of ketones is 1. The summed E-state index contributed by atoms with van der Waals surface area (Å²) in [7, 11) is 0. The Morgan fingerprint density at radius 1 is 0.250 bits per heavy atom. The molecule has 0 amide bonds. The van der Waals surface area contributed by atoms with Gasteiger partial charge in [0.05, 0.1) is 0 Å². The predicted molar refractivity (Wildman–Crippen MR) is 125 cm³/mol. The molecule has 1 heteroatoms. The average molecular weight is 393 g/mol. The molecule has 1 aliphatic carbocycles. The molecule has 0 radical (unpaired) electrons. The molecule has 0 N–H and O–H groups in total. The van der Waals surface area contributed by atoms with Crippen molar-refractivity contribution < 1.29 is 4.79 Å². The Morgan fingerprint density at radius 2 is 0.393 bits per heavy atom. The minimum absolute atomic E-state index is 0.525. The first kappa shape index (κ1) is 25.7. The molecule has 1 aliphatic rings. The van der Waals surface area contributed by atoms with Gasteiger partial charge in [0.2, 0.25) is 0 Å². The molecule has 0 saturated heterocycles. The Morgan fingerprint density at radius 3 is 0.571 bits per heavy atom. The van der Waals surface area contributed by atoms with Crippen molar-refractivity contribution >= 4 is 5.78 Å². The second kappa shape index (κ2) is 21.4. The van der Waals surface area contributed by atoms with Gasteiger partial charge < -0.3 is 0 Å². The molecule has 0 spiro atoms. The van der Waals surface area contributed by atoms with Crippen LogP contribution in [0.4, 0.5) is 0 Å². The van der Waals surface area contributed by atoms with Crippen molar-refractivity contribution in [2.75, 3.05) is 0 Å². The van der Waals surface area contributed by atoms with Crippen LogP contribution in [0.2, 0.25) is 0 Å². The Kier molecular flexibility index (Phi) is 19.6. The van der Waals surface area contributed by atoms with Crippen LogP contribution in [0, 0.1) is 0 Å². The summed E-state index contributed by atoms with van der Waals surface area (Å²) in [4.78, 5) is 12.0. The number of carbonyl (C=O) groups excluding carboxylic acids is 1. The minimum Gasteiger partial charge on any atom is -0.300 e. The summed E-state index contributed by atoms with van der Waals surface area (Å²) in [5, 5.41) is 0. The van der Waals surface area contributed by atoms with Gasteiger partial charge in [-0.2, -0.15) is 0 Å². The van der Waals surface area contributed by atoms with E-state index in [9.17, 15) is 4.79 Å². The van der Waals surface area contributed by atoms with Gasteiger partial charge in [-0.25, -0.2) is 0 Å². The van der Waals surface area contributed by atoms with E-state index in [0.717, 1.165) is 25.7 Å². The van der Waals surface area contributed by atoms with E-state index in [1.165, 1.54) is 141 Å². The van der Waals surface area contributed by atoms with Crippen molar-refractivity contribution in [3.8, 4) is 0 Å². The highest BCUT2D eigenvalue weighted by Gasteiger charge is 2.02. The largest absolute Gasteiger partial charge is 0.300 e. The predicted octanol–water partition coefficient (Wildman–Crippen LogP) is 9.71. The van der Waals surface area contributed by atoms with E-state index < -0.39 is 0 Å². The fraction of sp³-hybridized carbons (Fsp3) is 0.963. The van der Waals surface area contributed by atoms with Gasteiger partial charge in [-0.05, 0) is 12.8 Å². The Labute approximate surface area is 177 Å². The van der Waals surface area contributed by atoms with Gasteiger partial charge in [0.15, 0.2) is 0 Å². The number of carbonyl (C=O) groups is 1. The highest BCUT2D eigenvalue weighted by atomic mass is 16.1. The minimum atomic E-state index is 0.525. The van der Waals surface area contributed by atoms with Crippen LogP contribution in [0.25, 0.3) is 0 Å². The Balaban J connectivity index is 2.07. The van der Waals surface area contributed by atoms with Gasteiger partial charge in [0.25, 0.3) is 0 Å². The summed E-state index contributed by atoms with van der Waals surface area (Å²) >= 11 is 0. The summed E-state index contributed by atoms with van der Waals surface area (Å²) in [6, 6.07) is 0. The van der Waals surface area contributed by atoms with Crippen LogP contribution in [-0.4, -0.2) is 5.78 Å². The molecule has 0 aromatic rings. The zero-order chi connectivity index (χ0) is 20.0. The lowest BCUT2D eigenvalue weighted by molar-refractivity contribution is -0.119. The second-order valence-corrected chi connectivity index (χ2v) is 9.52. The van der Waals surface area contributed by atoms with E-state index >= 15 is 0 Å². The molecule has 166 valence electrons. The Bertz CT molecular complexity index is 292. The lowest BCUT2D eigenvalue weighted by atomic mass is 10.0. The number of rotatable bonds is 0. The molecule has 1 nitrogen and oxygen atoms in total. The maximum Gasteiger partial charge on any atom is 0.132 e. The maximum absolute atomic E-state index is 12.0.